The van der Waals surface area contributed by atoms with Gasteiger partial charge in [-0.25, -0.2) is 9.18 Å². The van der Waals surface area contributed by atoms with Gasteiger partial charge < -0.3 is 16.2 Å². The van der Waals surface area contributed by atoms with Gasteiger partial charge in [-0.05, 0) is 17.7 Å². The molecule has 1 aromatic carbocycles. The number of phenolic OH excluding ortho intramolecular Hbond substituents is 1. The van der Waals surface area contributed by atoms with E-state index in [0.717, 1.165) is 6.07 Å². The lowest BCUT2D eigenvalue weighted by atomic mass is 10.2. The van der Waals surface area contributed by atoms with Crippen LogP contribution in [0.15, 0.2) is 18.2 Å². The van der Waals surface area contributed by atoms with E-state index < -0.39 is 17.6 Å². The Hall–Kier alpha value is -1.78. The normalized spacial score (nSPS) is 9.62. The summed E-state index contributed by atoms with van der Waals surface area (Å²) >= 11 is 0. The number of rotatable bonds is 2. The fourth-order valence-electron chi connectivity index (χ4n) is 0.850. The van der Waals surface area contributed by atoms with Gasteiger partial charge in [-0.3, -0.25) is 0 Å². The summed E-state index contributed by atoms with van der Waals surface area (Å²) in [6, 6.07) is 3.17. The fourth-order valence-corrected chi connectivity index (χ4v) is 0.850. The molecule has 0 spiro atoms. The Balaban J connectivity index is 2.68. The minimum atomic E-state index is -0.719. The Morgan fingerprint density at radius 3 is 2.85 bits per heavy atom. The van der Waals surface area contributed by atoms with Gasteiger partial charge in [0.1, 0.15) is 0 Å². The van der Waals surface area contributed by atoms with Crippen molar-refractivity contribution in [3.63, 3.8) is 0 Å². The average Bonchev–Trinajstić information content (AvgIpc) is 2.07. The summed E-state index contributed by atoms with van der Waals surface area (Å²) in [6.45, 7) is 0.145. The van der Waals surface area contributed by atoms with Gasteiger partial charge in [-0.2, -0.15) is 0 Å². The lowest BCUT2D eigenvalue weighted by molar-refractivity contribution is 0.248. The van der Waals surface area contributed by atoms with Crippen molar-refractivity contribution in [2.75, 3.05) is 0 Å². The minimum absolute atomic E-state index is 0.145. The highest BCUT2D eigenvalue weighted by Crippen LogP contribution is 2.15. The van der Waals surface area contributed by atoms with Gasteiger partial charge in [0.15, 0.2) is 11.6 Å². The van der Waals surface area contributed by atoms with Gasteiger partial charge in [0.05, 0.1) is 0 Å². The maximum atomic E-state index is 12.7. The van der Waals surface area contributed by atoms with Crippen molar-refractivity contribution in [3.8, 4) is 5.75 Å². The second-order valence-electron chi connectivity index (χ2n) is 2.50. The highest BCUT2D eigenvalue weighted by atomic mass is 19.1. The zero-order chi connectivity index (χ0) is 9.84. The molecule has 0 saturated carbocycles. The molecule has 0 aliphatic heterocycles. The van der Waals surface area contributed by atoms with Crippen LogP contribution in [0.4, 0.5) is 9.18 Å². The number of phenols is 1. The van der Waals surface area contributed by atoms with E-state index in [1.165, 1.54) is 12.1 Å². The number of benzene rings is 1. The Morgan fingerprint density at radius 2 is 2.31 bits per heavy atom. The molecule has 1 rings (SSSR count). The molecule has 0 fully saturated rings. The van der Waals surface area contributed by atoms with Gasteiger partial charge >= 0.3 is 6.03 Å². The molecule has 0 aliphatic carbocycles. The maximum absolute atomic E-state index is 12.7. The number of halogens is 1. The van der Waals surface area contributed by atoms with E-state index >= 15 is 0 Å². The molecule has 4 nitrogen and oxygen atoms in total. The van der Waals surface area contributed by atoms with Crippen LogP contribution in [0.5, 0.6) is 5.75 Å². The molecule has 5 heteroatoms. The molecule has 0 bridgehead atoms. The summed E-state index contributed by atoms with van der Waals surface area (Å²) in [6.07, 6.45) is 0. The van der Waals surface area contributed by atoms with E-state index in [-0.39, 0.29) is 6.54 Å². The molecule has 0 aliphatic rings. The van der Waals surface area contributed by atoms with Crippen LogP contribution in [0.25, 0.3) is 0 Å². The smallest absolute Gasteiger partial charge is 0.312 e. The number of hydrogen-bond donors (Lipinski definition) is 3. The molecule has 0 heterocycles. The van der Waals surface area contributed by atoms with Gasteiger partial charge in [0.25, 0.3) is 0 Å². The Labute approximate surface area is 74.2 Å². The van der Waals surface area contributed by atoms with Gasteiger partial charge in [0, 0.05) is 6.54 Å². The largest absolute Gasteiger partial charge is 0.505 e. The summed E-state index contributed by atoms with van der Waals surface area (Å²) in [5.74, 6) is -1.13. The lowest BCUT2D eigenvalue weighted by Crippen LogP contribution is -2.28. The lowest BCUT2D eigenvalue weighted by Gasteiger charge is -2.02. The van der Waals surface area contributed by atoms with Gasteiger partial charge in [-0.15, -0.1) is 0 Å². The Bertz CT molecular complexity index is 328. The second kappa shape index (κ2) is 3.75. The number of nitrogens with one attached hydrogen (secondary N) is 1. The highest BCUT2D eigenvalue weighted by Gasteiger charge is 2.01. The zero-order valence-corrected chi connectivity index (χ0v) is 6.75. The van der Waals surface area contributed by atoms with Crippen molar-refractivity contribution in [1.82, 2.24) is 5.32 Å². The van der Waals surface area contributed by atoms with Crippen molar-refractivity contribution in [1.29, 1.82) is 0 Å². The quantitative estimate of drug-likeness (QED) is 0.632. The number of hydrogen-bond acceptors (Lipinski definition) is 2. The van der Waals surface area contributed by atoms with Crippen LogP contribution in [-0.4, -0.2) is 11.1 Å². The van der Waals surface area contributed by atoms with Crippen LogP contribution >= 0.6 is 0 Å². The van der Waals surface area contributed by atoms with Crippen LogP contribution < -0.4 is 11.1 Å². The third-order valence-corrected chi connectivity index (χ3v) is 1.48. The first-order valence-corrected chi connectivity index (χ1v) is 3.60. The van der Waals surface area contributed by atoms with E-state index in [1.54, 1.807) is 0 Å². The summed E-state index contributed by atoms with van der Waals surface area (Å²) in [4.78, 5) is 10.3. The number of carbonyl (C=O) groups excluding carboxylic acids is 1. The fraction of sp³-hybridized carbons (Fsp3) is 0.125. The molecule has 2 amide bonds. The van der Waals surface area contributed by atoms with Crippen LogP contribution in [-0.2, 0) is 6.54 Å². The van der Waals surface area contributed by atoms with Gasteiger partial charge in [0.2, 0.25) is 0 Å². The molecule has 13 heavy (non-hydrogen) atoms. The SMILES string of the molecule is NC(=O)NCc1ccc(O)c(F)c1. The molecular weight excluding hydrogens is 175 g/mol. The number of aromatic hydroxyl groups is 1. The van der Waals surface area contributed by atoms with E-state index in [0.29, 0.717) is 5.56 Å². The molecule has 4 N–H and O–H groups in total. The third kappa shape index (κ3) is 2.62. The maximum Gasteiger partial charge on any atom is 0.312 e. The van der Waals surface area contributed by atoms with Gasteiger partial charge in [-0.1, -0.05) is 6.07 Å². The minimum Gasteiger partial charge on any atom is -0.505 e. The first-order valence-electron chi connectivity index (χ1n) is 3.60. The Kier molecular flexibility index (Phi) is 2.69. The summed E-state index contributed by atoms with van der Waals surface area (Å²) in [5, 5.41) is 11.1. The van der Waals surface area contributed by atoms with Crippen molar-refractivity contribution in [3.05, 3.63) is 29.6 Å². The van der Waals surface area contributed by atoms with Crippen LogP contribution in [0, 0.1) is 5.82 Å². The predicted molar refractivity (Wildman–Crippen MR) is 44.5 cm³/mol. The number of primary amides is 1. The molecular formula is C8H9FN2O2. The summed E-state index contributed by atoms with van der Waals surface area (Å²) < 4.78 is 12.7. The first-order chi connectivity index (χ1) is 6.09. The molecule has 70 valence electrons. The second-order valence-corrected chi connectivity index (χ2v) is 2.50. The molecule has 0 aromatic heterocycles. The number of nitrogens with two attached hydrogens (primary N) is 1. The van der Waals surface area contributed by atoms with Crippen molar-refractivity contribution in [2.24, 2.45) is 5.73 Å². The van der Waals surface area contributed by atoms with Crippen LogP contribution in [0.1, 0.15) is 5.56 Å². The highest BCUT2D eigenvalue weighted by molar-refractivity contribution is 5.71. The Morgan fingerprint density at radius 1 is 1.62 bits per heavy atom. The number of urea groups is 1. The van der Waals surface area contributed by atoms with E-state index in [1.807, 2.05) is 0 Å². The topological polar surface area (TPSA) is 75.4 Å². The van der Waals surface area contributed by atoms with E-state index in [9.17, 15) is 9.18 Å². The van der Waals surface area contributed by atoms with Crippen LogP contribution in [0.3, 0.4) is 0 Å². The molecule has 0 saturated heterocycles. The predicted octanol–water partition coefficient (Wildman–Crippen LogP) is 0.700. The molecule has 0 unspecified atom stereocenters. The summed E-state index contributed by atoms with van der Waals surface area (Å²) in [7, 11) is 0. The monoisotopic (exact) mass is 184 g/mol. The molecule has 0 atom stereocenters. The van der Waals surface area contributed by atoms with Crippen molar-refractivity contribution in [2.45, 2.75) is 6.54 Å². The molecule has 1 aromatic rings. The number of carbonyl (C=O) groups is 1. The average molecular weight is 184 g/mol. The standard InChI is InChI=1S/C8H9FN2O2/c9-6-3-5(1-2-7(6)12)4-11-8(10)13/h1-3,12H,4H2,(H3,10,11,13). The van der Waals surface area contributed by atoms with Crippen molar-refractivity contribution < 1.29 is 14.3 Å². The third-order valence-electron chi connectivity index (χ3n) is 1.48. The number of amides is 2. The first kappa shape index (κ1) is 9.31. The molecule has 0 radical (unpaired) electrons. The van der Waals surface area contributed by atoms with Crippen LogP contribution in [0.2, 0.25) is 0 Å². The van der Waals surface area contributed by atoms with E-state index in [4.69, 9.17) is 10.8 Å². The zero-order valence-electron chi connectivity index (χ0n) is 6.75. The van der Waals surface area contributed by atoms with E-state index in [2.05, 4.69) is 5.32 Å². The van der Waals surface area contributed by atoms with Crippen molar-refractivity contribution >= 4 is 6.03 Å². The summed E-state index contributed by atoms with van der Waals surface area (Å²) in [5.41, 5.74) is 5.35.